The zero-order valence-electron chi connectivity index (χ0n) is 18.4. The molecule has 172 valence electrons. The Morgan fingerprint density at radius 1 is 1.06 bits per heavy atom. The maximum absolute atomic E-state index is 6.54. The number of imidazole rings is 1. The van der Waals surface area contributed by atoms with Crippen LogP contribution in [-0.4, -0.2) is 94.8 Å². The molecule has 2 aromatic heterocycles. The van der Waals surface area contributed by atoms with Crippen molar-refractivity contribution in [3.05, 3.63) is 70.8 Å². The number of hydrogen-bond acceptors (Lipinski definition) is 6. The SMILES string of the molecule is CCCCc1nc(Cl)c(C2OCCO2)n1Cc1ccc(-c2ccccc2-c2nnn[nH]2)cc1.[KH]. The number of nitrogens with one attached hydrogen (secondary N) is 1. The number of hydrogen-bond donors (Lipinski definition) is 1. The van der Waals surface area contributed by atoms with Gasteiger partial charge in [0.2, 0.25) is 6.29 Å². The summed E-state index contributed by atoms with van der Waals surface area (Å²) < 4.78 is 13.7. The van der Waals surface area contributed by atoms with Crippen LogP contribution in [0, 0.1) is 0 Å². The van der Waals surface area contributed by atoms with E-state index in [2.05, 4.69) is 67.4 Å². The van der Waals surface area contributed by atoms with E-state index in [4.69, 9.17) is 21.1 Å². The molecule has 0 aliphatic carbocycles. The van der Waals surface area contributed by atoms with Crippen LogP contribution in [0.25, 0.3) is 22.5 Å². The zero-order valence-corrected chi connectivity index (χ0v) is 19.1. The third-order valence-corrected chi connectivity index (χ3v) is 6.05. The van der Waals surface area contributed by atoms with Crippen molar-refractivity contribution in [3.8, 4) is 22.5 Å². The monoisotopic (exact) mass is 504 g/mol. The molecule has 0 amide bonds. The number of benzene rings is 2. The molecular formula is C24H26ClKN6O2. The normalized spacial score (nSPS) is 13.8. The van der Waals surface area contributed by atoms with E-state index < -0.39 is 6.29 Å². The van der Waals surface area contributed by atoms with E-state index in [9.17, 15) is 0 Å². The Morgan fingerprint density at radius 2 is 1.79 bits per heavy atom. The summed E-state index contributed by atoms with van der Waals surface area (Å²) in [7, 11) is 0. The van der Waals surface area contributed by atoms with Gasteiger partial charge in [0, 0.05) is 18.5 Å². The molecule has 1 saturated heterocycles. The van der Waals surface area contributed by atoms with Crippen molar-refractivity contribution in [1.29, 1.82) is 0 Å². The van der Waals surface area contributed by atoms with Crippen LogP contribution < -0.4 is 0 Å². The standard InChI is InChI=1S/C24H25ClN6O2.K.H/c1-2-3-8-20-26-22(25)21(24-32-13-14-33-24)31(20)15-16-9-11-17(12-10-16)18-6-4-5-7-19(18)23-27-29-30-28-23;;/h4-7,9-12,24H,2-3,8,13-15H2,1H3,(H,27,28,29,30);;. The molecule has 1 fully saturated rings. The Bertz CT molecular complexity index is 1210. The Hall–Kier alpha value is -1.43. The number of rotatable bonds is 8. The summed E-state index contributed by atoms with van der Waals surface area (Å²) in [5, 5.41) is 14.8. The van der Waals surface area contributed by atoms with Crippen LogP contribution >= 0.6 is 11.6 Å². The summed E-state index contributed by atoms with van der Waals surface area (Å²) in [5.74, 6) is 1.60. The quantitative estimate of drug-likeness (QED) is 0.362. The van der Waals surface area contributed by atoms with E-state index in [-0.39, 0.29) is 51.4 Å². The molecule has 0 bridgehead atoms. The van der Waals surface area contributed by atoms with Gasteiger partial charge in [-0.15, -0.1) is 5.10 Å². The second kappa shape index (κ2) is 12.0. The van der Waals surface area contributed by atoms with Gasteiger partial charge in [0.15, 0.2) is 11.0 Å². The second-order valence-electron chi connectivity index (χ2n) is 7.96. The Kier molecular flexibility index (Phi) is 9.06. The van der Waals surface area contributed by atoms with E-state index in [1.807, 2.05) is 18.2 Å². The fourth-order valence-corrected chi connectivity index (χ4v) is 4.40. The Labute approximate surface area is 245 Å². The van der Waals surface area contributed by atoms with Crippen LogP contribution in [0.1, 0.15) is 43.1 Å². The van der Waals surface area contributed by atoms with E-state index in [1.165, 1.54) is 0 Å². The summed E-state index contributed by atoms with van der Waals surface area (Å²) in [4.78, 5) is 4.64. The van der Waals surface area contributed by atoms with E-state index in [0.29, 0.717) is 30.7 Å². The van der Waals surface area contributed by atoms with Crippen molar-refractivity contribution in [2.75, 3.05) is 13.2 Å². The van der Waals surface area contributed by atoms with Crippen LogP contribution in [0.3, 0.4) is 0 Å². The molecule has 34 heavy (non-hydrogen) atoms. The minimum atomic E-state index is -0.470. The van der Waals surface area contributed by atoms with E-state index in [0.717, 1.165) is 53.0 Å². The number of aromatic amines is 1. The van der Waals surface area contributed by atoms with Crippen molar-refractivity contribution in [3.63, 3.8) is 0 Å². The third-order valence-electron chi connectivity index (χ3n) is 5.77. The van der Waals surface area contributed by atoms with Gasteiger partial charge in [0.1, 0.15) is 11.5 Å². The number of halogens is 1. The van der Waals surface area contributed by atoms with Crippen LogP contribution in [-0.2, 0) is 22.4 Å². The van der Waals surface area contributed by atoms with E-state index in [1.54, 1.807) is 0 Å². The van der Waals surface area contributed by atoms with Crippen LogP contribution in [0.5, 0.6) is 0 Å². The predicted octanol–water partition coefficient (Wildman–Crippen LogP) is 4.17. The first-order valence-corrected chi connectivity index (χ1v) is 11.5. The number of nitrogens with zero attached hydrogens (tertiary/aromatic N) is 5. The maximum atomic E-state index is 6.54. The van der Waals surface area contributed by atoms with Gasteiger partial charge in [0.25, 0.3) is 0 Å². The number of H-pyrrole nitrogens is 1. The van der Waals surface area contributed by atoms with Crippen LogP contribution in [0.4, 0.5) is 0 Å². The molecule has 3 heterocycles. The minimum absolute atomic E-state index is 0. The van der Waals surface area contributed by atoms with Gasteiger partial charge in [-0.05, 0) is 33.5 Å². The summed E-state index contributed by atoms with van der Waals surface area (Å²) in [6, 6.07) is 16.5. The average Bonchev–Trinajstić information content (AvgIpc) is 3.61. The molecule has 4 aromatic rings. The van der Waals surface area contributed by atoms with Crippen molar-refractivity contribution >= 4 is 63.0 Å². The van der Waals surface area contributed by atoms with Gasteiger partial charge in [-0.1, -0.05) is 73.5 Å². The summed E-state index contributed by atoms with van der Waals surface area (Å²) in [6.45, 7) is 3.94. The number of aromatic nitrogens is 6. The fourth-order valence-electron chi connectivity index (χ4n) is 4.11. The molecule has 10 heteroatoms. The topological polar surface area (TPSA) is 90.7 Å². The average molecular weight is 505 g/mol. The summed E-state index contributed by atoms with van der Waals surface area (Å²) in [5.41, 5.74) is 5.04. The van der Waals surface area contributed by atoms with Crippen molar-refractivity contribution < 1.29 is 9.47 Å². The van der Waals surface area contributed by atoms with Crippen LogP contribution in [0.15, 0.2) is 48.5 Å². The van der Waals surface area contributed by atoms with Gasteiger partial charge in [-0.25, -0.2) is 10.1 Å². The number of unbranched alkanes of at least 4 members (excludes halogenated alkanes) is 1. The second-order valence-corrected chi connectivity index (χ2v) is 8.32. The number of ether oxygens (including phenoxy) is 2. The predicted molar refractivity (Wildman–Crippen MR) is 132 cm³/mol. The molecule has 0 radical (unpaired) electrons. The molecule has 0 spiro atoms. The van der Waals surface area contributed by atoms with Crippen LogP contribution in [0.2, 0.25) is 5.15 Å². The molecule has 1 aliphatic heterocycles. The van der Waals surface area contributed by atoms with Gasteiger partial charge in [0.05, 0.1) is 13.2 Å². The van der Waals surface area contributed by atoms with Crippen molar-refractivity contribution in [1.82, 2.24) is 30.2 Å². The van der Waals surface area contributed by atoms with Gasteiger partial charge >= 0.3 is 51.4 Å². The first-order chi connectivity index (χ1) is 16.2. The first-order valence-electron chi connectivity index (χ1n) is 11.1. The summed E-state index contributed by atoms with van der Waals surface area (Å²) >= 11 is 6.54. The Morgan fingerprint density at radius 3 is 2.47 bits per heavy atom. The molecule has 5 rings (SSSR count). The first kappa shape index (κ1) is 25.7. The van der Waals surface area contributed by atoms with Gasteiger partial charge in [-0.2, -0.15) is 0 Å². The van der Waals surface area contributed by atoms with Crippen molar-refractivity contribution in [2.24, 2.45) is 0 Å². The molecule has 0 unspecified atom stereocenters. The number of tetrazole rings is 1. The van der Waals surface area contributed by atoms with E-state index >= 15 is 0 Å². The molecular weight excluding hydrogens is 479 g/mol. The number of aryl methyl sites for hydroxylation is 1. The fraction of sp³-hybridized carbons (Fsp3) is 0.333. The molecule has 0 atom stereocenters. The molecule has 0 saturated carbocycles. The van der Waals surface area contributed by atoms with Gasteiger partial charge < -0.3 is 14.0 Å². The molecule has 1 aliphatic rings. The third kappa shape index (κ3) is 5.52. The Balaban J connectivity index is 0.00000274. The zero-order chi connectivity index (χ0) is 22.6. The van der Waals surface area contributed by atoms with Crippen molar-refractivity contribution in [2.45, 2.75) is 39.0 Å². The molecule has 2 aromatic carbocycles. The van der Waals surface area contributed by atoms with Gasteiger partial charge in [-0.3, -0.25) is 0 Å². The molecule has 1 N–H and O–H groups in total. The molecule has 8 nitrogen and oxygen atoms in total. The summed E-state index contributed by atoms with van der Waals surface area (Å²) in [6.07, 6.45) is 2.53.